The molecule has 1 nitrogen and oxygen atoms in total. The normalized spacial score (nSPS) is 17.4. The van der Waals surface area contributed by atoms with Crippen LogP contribution in [-0.2, 0) is 6.54 Å². The molecular weight excluding hydrogens is 306 g/mol. The van der Waals surface area contributed by atoms with Crippen LogP contribution in [0.4, 0.5) is 0 Å². The van der Waals surface area contributed by atoms with Gasteiger partial charge in [0.25, 0.3) is 0 Å². The highest BCUT2D eigenvalue weighted by Gasteiger charge is 2.41. The van der Waals surface area contributed by atoms with Gasteiger partial charge in [-0.05, 0) is 36.8 Å². The van der Waals surface area contributed by atoms with E-state index in [0.29, 0.717) is 4.75 Å². The van der Waals surface area contributed by atoms with E-state index in [1.165, 1.54) is 18.4 Å². The van der Waals surface area contributed by atoms with Gasteiger partial charge in [-0.1, -0.05) is 33.6 Å². The Balaban J connectivity index is 1.85. The largest absolute Gasteiger partial charge is 0.311 e. The molecular formula is C12H15BrClNS. The fourth-order valence-electron chi connectivity index (χ4n) is 1.68. The van der Waals surface area contributed by atoms with E-state index >= 15 is 0 Å². The molecule has 88 valence electrons. The molecule has 16 heavy (non-hydrogen) atoms. The summed E-state index contributed by atoms with van der Waals surface area (Å²) in [6.07, 6.45) is 4.88. The topological polar surface area (TPSA) is 12.0 Å². The van der Waals surface area contributed by atoms with Crippen molar-refractivity contribution in [1.29, 1.82) is 0 Å². The van der Waals surface area contributed by atoms with Crippen LogP contribution in [0.5, 0.6) is 0 Å². The predicted molar refractivity (Wildman–Crippen MR) is 76.3 cm³/mol. The molecule has 0 saturated heterocycles. The minimum absolute atomic E-state index is 0.516. The average molecular weight is 321 g/mol. The smallest absolute Gasteiger partial charge is 0.0462 e. The van der Waals surface area contributed by atoms with Crippen LogP contribution in [0.15, 0.2) is 22.7 Å². The van der Waals surface area contributed by atoms with Crippen molar-refractivity contribution in [2.45, 2.75) is 24.1 Å². The molecule has 1 aliphatic carbocycles. The molecule has 1 N–H and O–H groups in total. The van der Waals surface area contributed by atoms with Gasteiger partial charge in [0.1, 0.15) is 0 Å². The molecule has 0 aromatic heterocycles. The third-order valence-corrected chi connectivity index (χ3v) is 5.28. The minimum Gasteiger partial charge on any atom is -0.311 e. The number of hydrogen-bond acceptors (Lipinski definition) is 2. The molecule has 0 unspecified atom stereocenters. The third kappa shape index (κ3) is 3.16. The SMILES string of the molecule is CSC1(CNCc2ccc(Br)cc2Cl)CC1. The van der Waals surface area contributed by atoms with E-state index in [4.69, 9.17) is 11.6 Å². The number of hydrogen-bond donors (Lipinski definition) is 1. The Labute approximate surface area is 114 Å². The second-order valence-electron chi connectivity index (χ2n) is 4.23. The van der Waals surface area contributed by atoms with Gasteiger partial charge >= 0.3 is 0 Å². The molecule has 0 amide bonds. The monoisotopic (exact) mass is 319 g/mol. The molecule has 1 aromatic rings. The number of thioether (sulfide) groups is 1. The van der Waals surface area contributed by atoms with Crippen LogP contribution in [0, 0.1) is 0 Å². The van der Waals surface area contributed by atoms with Crippen LogP contribution in [0.1, 0.15) is 18.4 Å². The first-order chi connectivity index (χ1) is 7.65. The van der Waals surface area contributed by atoms with Crippen molar-refractivity contribution in [2.24, 2.45) is 0 Å². The predicted octanol–water partition coefficient (Wildman–Crippen LogP) is 4.09. The first-order valence-electron chi connectivity index (χ1n) is 5.35. The standard InChI is InChI=1S/C12H15BrClNS/c1-16-12(4-5-12)8-15-7-9-2-3-10(13)6-11(9)14/h2-3,6,15H,4-5,7-8H2,1H3. The minimum atomic E-state index is 0.516. The lowest BCUT2D eigenvalue weighted by molar-refractivity contribution is 0.663. The summed E-state index contributed by atoms with van der Waals surface area (Å²) in [6, 6.07) is 6.04. The van der Waals surface area contributed by atoms with Crippen molar-refractivity contribution < 1.29 is 0 Å². The zero-order chi connectivity index (χ0) is 11.6. The average Bonchev–Trinajstić information content (AvgIpc) is 3.02. The van der Waals surface area contributed by atoms with E-state index in [1.54, 1.807) is 0 Å². The number of benzene rings is 1. The van der Waals surface area contributed by atoms with Crippen molar-refractivity contribution in [3.8, 4) is 0 Å². The van der Waals surface area contributed by atoms with Crippen LogP contribution >= 0.6 is 39.3 Å². The van der Waals surface area contributed by atoms with E-state index < -0.39 is 0 Å². The third-order valence-electron chi connectivity index (χ3n) is 3.02. The fraction of sp³-hybridized carbons (Fsp3) is 0.500. The van der Waals surface area contributed by atoms with Gasteiger partial charge in [0.05, 0.1) is 0 Å². The highest BCUT2D eigenvalue weighted by atomic mass is 79.9. The van der Waals surface area contributed by atoms with E-state index in [0.717, 1.165) is 22.6 Å². The molecule has 1 aromatic carbocycles. The van der Waals surface area contributed by atoms with Crippen molar-refractivity contribution >= 4 is 39.3 Å². The Morgan fingerprint density at radius 1 is 1.50 bits per heavy atom. The summed E-state index contributed by atoms with van der Waals surface area (Å²) < 4.78 is 1.55. The maximum atomic E-state index is 6.15. The van der Waals surface area contributed by atoms with Crippen molar-refractivity contribution in [3.05, 3.63) is 33.3 Å². The molecule has 0 heterocycles. The molecule has 0 spiro atoms. The van der Waals surface area contributed by atoms with Gasteiger partial charge in [0.2, 0.25) is 0 Å². The lowest BCUT2D eigenvalue weighted by atomic mass is 10.2. The summed E-state index contributed by atoms with van der Waals surface area (Å²) in [5.41, 5.74) is 1.17. The molecule has 0 atom stereocenters. The van der Waals surface area contributed by atoms with Crippen LogP contribution < -0.4 is 5.32 Å². The van der Waals surface area contributed by atoms with Crippen LogP contribution in [-0.4, -0.2) is 17.5 Å². The lowest BCUT2D eigenvalue weighted by Gasteiger charge is -2.13. The summed E-state index contributed by atoms with van der Waals surface area (Å²) >= 11 is 11.5. The maximum absolute atomic E-state index is 6.15. The van der Waals surface area contributed by atoms with Crippen molar-refractivity contribution in [1.82, 2.24) is 5.32 Å². The Hall–Kier alpha value is 0.300. The molecule has 2 rings (SSSR count). The first kappa shape index (κ1) is 12.7. The van der Waals surface area contributed by atoms with Crippen molar-refractivity contribution in [2.75, 3.05) is 12.8 Å². The zero-order valence-electron chi connectivity index (χ0n) is 9.22. The quantitative estimate of drug-likeness (QED) is 0.877. The first-order valence-corrected chi connectivity index (χ1v) is 7.75. The van der Waals surface area contributed by atoms with Gasteiger partial charge in [0, 0.05) is 27.3 Å². The highest BCUT2D eigenvalue weighted by molar-refractivity contribution is 9.10. The number of nitrogens with one attached hydrogen (secondary N) is 1. The fourth-order valence-corrected chi connectivity index (χ4v) is 3.18. The Bertz CT molecular complexity index is 379. The van der Waals surface area contributed by atoms with Crippen LogP contribution in [0.2, 0.25) is 5.02 Å². The Morgan fingerprint density at radius 2 is 2.25 bits per heavy atom. The van der Waals surface area contributed by atoms with E-state index in [9.17, 15) is 0 Å². The molecule has 4 heteroatoms. The lowest BCUT2D eigenvalue weighted by Crippen LogP contribution is -2.25. The van der Waals surface area contributed by atoms with E-state index in [1.807, 2.05) is 23.9 Å². The van der Waals surface area contributed by atoms with Gasteiger partial charge in [-0.25, -0.2) is 0 Å². The van der Waals surface area contributed by atoms with Crippen LogP contribution in [0.3, 0.4) is 0 Å². The Morgan fingerprint density at radius 3 is 2.81 bits per heavy atom. The van der Waals surface area contributed by atoms with Crippen molar-refractivity contribution in [3.63, 3.8) is 0 Å². The summed E-state index contributed by atoms with van der Waals surface area (Å²) in [4.78, 5) is 0. The molecule has 1 saturated carbocycles. The van der Waals surface area contributed by atoms with Gasteiger partial charge in [0.15, 0.2) is 0 Å². The molecule has 1 fully saturated rings. The highest BCUT2D eigenvalue weighted by Crippen LogP contribution is 2.46. The second kappa shape index (κ2) is 5.30. The van der Waals surface area contributed by atoms with Gasteiger partial charge in [-0.2, -0.15) is 11.8 Å². The summed E-state index contributed by atoms with van der Waals surface area (Å²) in [5.74, 6) is 0. The molecule has 0 radical (unpaired) electrons. The molecule has 1 aliphatic rings. The van der Waals surface area contributed by atoms with E-state index in [-0.39, 0.29) is 0 Å². The second-order valence-corrected chi connectivity index (χ2v) is 6.82. The molecule has 0 aliphatic heterocycles. The van der Waals surface area contributed by atoms with Gasteiger partial charge in [-0.3, -0.25) is 0 Å². The van der Waals surface area contributed by atoms with Gasteiger partial charge < -0.3 is 5.32 Å². The molecule has 0 bridgehead atoms. The maximum Gasteiger partial charge on any atom is 0.0462 e. The number of rotatable bonds is 5. The van der Waals surface area contributed by atoms with Crippen LogP contribution in [0.25, 0.3) is 0 Å². The summed E-state index contributed by atoms with van der Waals surface area (Å²) in [6.45, 7) is 1.94. The van der Waals surface area contributed by atoms with E-state index in [2.05, 4.69) is 33.6 Å². The summed E-state index contributed by atoms with van der Waals surface area (Å²) in [5, 5.41) is 4.32. The summed E-state index contributed by atoms with van der Waals surface area (Å²) in [7, 11) is 0. The Kier molecular flexibility index (Phi) is 4.22. The number of halogens is 2. The van der Waals surface area contributed by atoms with Gasteiger partial charge in [-0.15, -0.1) is 0 Å². The zero-order valence-corrected chi connectivity index (χ0v) is 12.4.